The maximum Gasteiger partial charge on any atom is 0.253 e. The van der Waals surface area contributed by atoms with E-state index in [1.807, 2.05) is 87.2 Å². The molecule has 176 valence electrons. The van der Waals surface area contributed by atoms with Crippen LogP contribution in [-0.2, 0) is 17.9 Å². The van der Waals surface area contributed by atoms with Crippen molar-refractivity contribution in [2.45, 2.75) is 46.0 Å². The highest BCUT2D eigenvalue weighted by atomic mass is 32.2. The first-order valence-corrected chi connectivity index (χ1v) is 12.3. The molecule has 0 N–H and O–H groups in total. The molecule has 1 amide bonds. The van der Waals surface area contributed by atoms with Gasteiger partial charge in [0.2, 0.25) is 11.1 Å². The van der Waals surface area contributed by atoms with Crippen LogP contribution >= 0.6 is 11.8 Å². The molecule has 0 atom stereocenters. The largest absolute Gasteiger partial charge is 0.489 e. The Hall–Kier alpha value is -3.39. The predicted octanol–water partition coefficient (Wildman–Crippen LogP) is 4.77. The summed E-state index contributed by atoms with van der Waals surface area (Å²) in [5, 5.41) is 5.09. The fraction of sp³-hybridized carbons (Fsp3) is 0.308. The molecule has 0 aliphatic heterocycles. The minimum atomic E-state index is 0.0489. The number of carbonyl (C=O) groups is 1. The quantitative estimate of drug-likeness (QED) is 0.325. The summed E-state index contributed by atoms with van der Waals surface area (Å²) in [4.78, 5) is 23.7. The average molecular weight is 476 g/mol. The number of nitrogens with zero attached hydrogens (tertiary/aromatic N) is 5. The van der Waals surface area contributed by atoms with Crippen LogP contribution in [-0.4, -0.2) is 42.7 Å². The van der Waals surface area contributed by atoms with E-state index in [9.17, 15) is 4.79 Å². The lowest BCUT2D eigenvalue weighted by atomic mass is 10.2. The summed E-state index contributed by atoms with van der Waals surface area (Å²) in [7, 11) is 0. The topological polar surface area (TPSA) is 72.6 Å². The van der Waals surface area contributed by atoms with E-state index < -0.39 is 0 Å². The Kier molecular flexibility index (Phi) is 7.47. The van der Waals surface area contributed by atoms with Crippen molar-refractivity contribution >= 4 is 23.4 Å². The molecular formula is C26H29N5O2S. The van der Waals surface area contributed by atoms with Crippen LogP contribution in [0.5, 0.6) is 5.75 Å². The van der Waals surface area contributed by atoms with Gasteiger partial charge < -0.3 is 9.64 Å². The normalized spacial score (nSPS) is 11.1. The Balaban J connectivity index is 1.33. The molecule has 4 rings (SSSR count). The van der Waals surface area contributed by atoms with Gasteiger partial charge in [-0.15, -0.1) is 5.10 Å². The summed E-state index contributed by atoms with van der Waals surface area (Å²) >= 11 is 1.34. The van der Waals surface area contributed by atoms with Crippen molar-refractivity contribution in [1.82, 2.24) is 24.5 Å². The second kappa shape index (κ2) is 10.7. The molecular weight excluding hydrogens is 446 g/mol. The van der Waals surface area contributed by atoms with Gasteiger partial charge in [-0.05, 0) is 56.5 Å². The lowest BCUT2D eigenvalue weighted by molar-refractivity contribution is -0.128. The average Bonchev–Trinajstić information content (AvgIpc) is 3.27. The van der Waals surface area contributed by atoms with E-state index >= 15 is 0 Å². The van der Waals surface area contributed by atoms with Crippen LogP contribution in [0.1, 0.15) is 35.0 Å². The first-order chi connectivity index (χ1) is 16.4. The van der Waals surface area contributed by atoms with Crippen molar-refractivity contribution < 1.29 is 9.53 Å². The van der Waals surface area contributed by atoms with E-state index in [-0.39, 0.29) is 11.7 Å². The molecule has 0 aliphatic carbocycles. The highest BCUT2D eigenvalue weighted by Gasteiger charge is 2.16. The smallest absolute Gasteiger partial charge is 0.253 e. The number of aromatic nitrogens is 4. The monoisotopic (exact) mass is 475 g/mol. The van der Waals surface area contributed by atoms with Crippen LogP contribution in [0.3, 0.4) is 0 Å². The third kappa shape index (κ3) is 5.56. The standard InChI is InChI=1S/C26H29N5O2S/c1-5-30(15-21-11-13-23(14-12-21)33-16-22-9-7-6-8-10-22)24(32)17-34-26-28-25-27-19(3)18(2)20(4)31(25)29-26/h6-14H,5,15-17H2,1-4H3. The van der Waals surface area contributed by atoms with Crippen molar-refractivity contribution in [2.24, 2.45) is 0 Å². The van der Waals surface area contributed by atoms with Gasteiger partial charge in [0, 0.05) is 24.5 Å². The number of aryl methyl sites for hydroxylation is 2. The Morgan fingerprint density at radius 2 is 1.74 bits per heavy atom. The van der Waals surface area contributed by atoms with Crippen molar-refractivity contribution in [3.63, 3.8) is 0 Å². The predicted molar refractivity (Wildman–Crippen MR) is 134 cm³/mol. The lowest BCUT2D eigenvalue weighted by Gasteiger charge is -2.20. The molecule has 0 radical (unpaired) electrons. The van der Waals surface area contributed by atoms with Crippen LogP contribution in [0.15, 0.2) is 59.8 Å². The Labute approximate surface area is 204 Å². The number of carbonyl (C=O) groups excluding carboxylic acids is 1. The fourth-order valence-corrected chi connectivity index (χ4v) is 4.27. The first kappa shape index (κ1) is 23.8. The second-order valence-corrected chi connectivity index (χ2v) is 9.07. The maximum atomic E-state index is 12.9. The van der Waals surface area contributed by atoms with Gasteiger partial charge in [0.1, 0.15) is 12.4 Å². The SMILES string of the molecule is CCN(Cc1ccc(OCc2ccccc2)cc1)C(=O)CSc1nc2nc(C)c(C)c(C)n2n1. The minimum Gasteiger partial charge on any atom is -0.489 e. The summed E-state index contributed by atoms with van der Waals surface area (Å²) in [5.74, 6) is 1.70. The Bertz CT molecular complexity index is 1270. The van der Waals surface area contributed by atoms with Crippen molar-refractivity contribution in [1.29, 1.82) is 0 Å². The van der Waals surface area contributed by atoms with E-state index in [0.29, 0.717) is 30.6 Å². The van der Waals surface area contributed by atoms with Crippen LogP contribution in [0.2, 0.25) is 0 Å². The van der Waals surface area contributed by atoms with Gasteiger partial charge >= 0.3 is 0 Å². The van der Waals surface area contributed by atoms with Gasteiger partial charge in [-0.1, -0.05) is 54.2 Å². The number of benzene rings is 2. The van der Waals surface area contributed by atoms with Gasteiger partial charge in [-0.25, -0.2) is 9.50 Å². The molecule has 8 heteroatoms. The van der Waals surface area contributed by atoms with Crippen LogP contribution in [0.25, 0.3) is 5.78 Å². The molecule has 2 aromatic carbocycles. The molecule has 0 spiro atoms. The molecule has 7 nitrogen and oxygen atoms in total. The number of rotatable bonds is 9. The van der Waals surface area contributed by atoms with Gasteiger partial charge in [0.25, 0.3) is 5.78 Å². The molecule has 2 heterocycles. The zero-order chi connectivity index (χ0) is 24.1. The van der Waals surface area contributed by atoms with Gasteiger partial charge in [-0.2, -0.15) is 4.98 Å². The van der Waals surface area contributed by atoms with Crippen LogP contribution in [0.4, 0.5) is 0 Å². The van der Waals surface area contributed by atoms with E-state index in [1.54, 1.807) is 4.52 Å². The Morgan fingerprint density at radius 1 is 1.00 bits per heavy atom. The van der Waals surface area contributed by atoms with Crippen LogP contribution in [0, 0.1) is 20.8 Å². The fourth-order valence-electron chi connectivity index (χ4n) is 3.54. The number of ether oxygens (including phenoxy) is 1. The molecule has 0 fully saturated rings. The summed E-state index contributed by atoms with van der Waals surface area (Å²) < 4.78 is 7.60. The molecule has 0 saturated heterocycles. The summed E-state index contributed by atoms with van der Waals surface area (Å²) in [5.41, 5.74) is 5.24. The zero-order valence-corrected chi connectivity index (χ0v) is 20.8. The number of hydrogen-bond acceptors (Lipinski definition) is 6. The number of fused-ring (bicyclic) bond motifs is 1. The first-order valence-electron chi connectivity index (χ1n) is 11.3. The zero-order valence-electron chi connectivity index (χ0n) is 20.0. The molecule has 0 saturated carbocycles. The number of thioether (sulfide) groups is 1. The molecule has 0 aliphatic rings. The van der Waals surface area contributed by atoms with Gasteiger partial charge in [0.15, 0.2) is 0 Å². The number of hydrogen-bond donors (Lipinski definition) is 0. The summed E-state index contributed by atoms with van der Waals surface area (Å²) in [6.07, 6.45) is 0. The molecule has 0 unspecified atom stereocenters. The third-order valence-corrected chi connectivity index (χ3v) is 6.67. The van der Waals surface area contributed by atoms with E-state index in [4.69, 9.17) is 4.74 Å². The molecule has 4 aromatic rings. The van der Waals surface area contributed by atoms with E-state index in [1.165, 1.54) is 11.8 Å². The van der Waals surface area contributed by atoms with Gasteiger partial charge in [-0.3, -0.25) is 4.79 Å². The molecule has 2 aromatic heterocycles. The van der Waals surface area contributed by atoms with E-state index in [0.717, 1.165) is 33.8 Å². The lowest BCUT2D eigenvalue weighted by Crippen LogP contribution is -2.31. The van der Waals surface area contributed by atoms with E-state index in [2.05, 4.69) is 15.1 Å². The van der Waals surface area contributed by atoms with Crippen molar-refractivity contribution in [3.05, 3.63) is 82.7 Å². The summed E-state index contributed by atoms with van der Waals surface area (Å²) in [6, 6.07) is 18.0. The number of amides is 1. The maximum absolute atomic E-state index is 12.9. The molecule has 0 bridgehead atoms. The third-order valence-electron chi connectivity index (χ3n) is 5.85. The second-order valence-electron chi connectivity index (χ2n) is 8.13. The van der Waals surface area contributed by atoms with Crippen LogP contribution < -0.4 is 4.74 Å². The molecule has 34 heavy (non-hydrogen) atoms. The highest BCUT2D eigenvalue weighted by molar-refractivity contribution is 7.99. The van der Waals surface area contributed by atoms with Crippen molar-refractivity contribution in [2.75, 3.05) is 12.3 Å². The van der Waals surface area contributed by atoms with Gasteiger partial charge in [0.05, 0.1) is 5.75 Å². The summed E-state index contributed by atoms with van der Waals surface area (Å²) in [6.45, 7) is 9.69. The van der Waals surface area contributed by atoms with Crippen molar-refractivity contribution in [3.8, 4) is 5.75 Å². The minimum absolute atomic E-state index is 0.0489. The Morgan fingerprint density at radius 3 is 2.44 bits per heavy atom. The highest BCUT2D eigenvalue weighted by Crippen LogP contribution is 2.19.